The number of ether oxygens (including phenoxy) is 1. The lowest BCUT2D eigenvalue weighted by molar-refractivity contribution is 0.122. The highest BCUT2D eigenvalue weighted by molar-refractivity contribution is 7.21. The average molecular weight is 401 g/mol. The Balaban J connectivity index is 0.000000336. The lowest BCUT2D eigenvalue weighted by atomic mass is 10.3. The van der Waals surface area contributed by atoms with Crippen molar-refractivity contribution in [2.75, 3.05) is 50.0 Å². The number of nitrogens with one attached hydrogen (secondary N) is 2. The van der Waals surface area contributed by atoms with Gasteiger partial charge in [-0.15, -0.1) is 11.3 Å². The number of nitrogen functional groups attached to an aromatic ring is 1. The minimum absolute atomic E-state index is 0.203. The number of H-pyrrole nitrogens is 1. The summed E-state index contributed by atoms with van der Waals surface area (Å²) in [4.78, 5) is 26.2. The Bertz CT molecular complexity index is 951. The molecule has 0 unspecified atom stereocenters. The predicted molar refractivity (Wildman–Crippen MR) is 113 cm³/mol. The number of nitrogens with zero attached hydrogens (tertiary/aromatic N) is 3. The van der Waals surface area contributed by atoms with Gasteiger partial charge in [0.1, 0.15) is 16.4 Å². The van der Waals surface area contributed by atoms with Gasteiger partial charge in [0, 0.05) is 13.1 Å². The molecule has 4 N–H and O–H groups in total. The highest BCUT2D eigenvalue weighted by Crippen LogP contribution is 2.30. The summed E-state index contributed by atoms with van der Waals surface area (Å²) in [6.07, 6.45) is 2.78. The number of para-hydroxylation sites is 1. The van der Waals surface area contributed by atoms with Crippen molar-refractivity contribution in [3.8, 4) is 10.6 Å². The topological polar surface area (TPSA) is 109 Å². The van der Waals surface area contributed by atoms with Crippen LogP contribution in [0.25, 0.3) is 20.8 Å². The Hall–Kier alpha value is -2.49. The van der Waals surface area contributed by atoms with Crippen LogP contribution in [0, 0.1) is 0 Å². The summed E-state index contributed by atoms with van der Waals surface area (Å²) >= 11 is 1.44. The minimum atomic E-state index is -0.266. The van der Waals surface area contributed by atoms with Crippen LogP contribution in [0.3, 0.4) is 0 Å². The van der Waals surface area contributed by atoms with Gasteiger partial charge in [0.25, 0.3) is 5.56 Å². The van der Waals surface area contributed by atoms with Crippen molar-refractivity contribution in [1.82, 2.24) is 20.3 Å². The molecule has 0 bridgehead atoms. The van der Waals surface area contributed by atoms with Crippen molar-refractivity contribution in [1.29, 1.82) is 0 Å². The number of hydrogen-bond acceptors (Lipinski definition) is 8. The molecule has 4 heterocycles. The largest absolute Gasteiger partial charge is 0.383 e. The summed E-state index contributed by atoms with van der Waals surface area (Å²) in [7, 11) is 0. The molecule has 0 amide bonds. The number of fused-ring (bicyclic) bond motifs is 1. The summed E-state index contributed by atoms with van der Waals surface area (Å²) in [6, 6.07) is 7.74. The molecule has 0 aliphatic carbocycles. The highest BCUT2D eigenvalue weighted by atomic mass is 32.1. The van der Waals surface area contributed by atoms with Crippen molar-refractivity contribution in [2.45, 2.75) is 12.8 Å². The molecule has 5 rings (SSSR count). The maximum Gasteiger partial charge on any atom is 0.264 e. The molecular weight excluding hydrogens is 376 g/mol. The first-order chi connectivity index (χ1) is 13.7. The van der Waals surface area contributed by atoms with E-state index in [0.29, 0.717) is 42.8 Å². The summed E-state index contributed by atoms with van der Waals surface area (Å²) in [5.74, 6) is 0.690. The van der Waals surface area contributed by atoms with Gasteiger partial charge >= 0.3 is 0 Å². The van der Waals surface area contributed by atoms with Gasteiger partial charge in [-0.25, -0.2) is 4.98 Å². The molecule has 0 radical (unpaired) electrons. The molecule has 148 valence electrons. The van der Waals surface area contributed by atoms with E-state index in [1.54, 1.807) is 0 Å². The maximum absolute atomic E-state index is 12.5. The van der Waals surface area contributed by atoms with Gasteiger partial charge in [-0.1, -0.05) is 12.1 Å². The van der Waals surface area contributed by atoms with Crippen LogP contribution >= 0.6 is 11.3 Å². The minimum Gasteiger partial charge on any atom is -0.383 e. The molecule has 0 spiro atoms. The molecule has 0 atom stereocenters. The number of rotatable bonds is 2. The van der Waals surface area contributed by atoms with E-state index in [0.717, 1.165) is 10.2 Å². The molecule has 9 heteroatoms. The molecule has 0 saturated carbocycles. The van der Waals surface area contributed by atoms with E-state index in [-0.39, 0.29) is 11.4 Å². The molecule has 2 saturated heterocycles. The lowest BCUT2D eigenvalue weighted by Gasteiger charge is -2.27. The second kappa shape index (κ2) is 8.68. The third-order valence-electron chi connectivity index (χ3n) is 4.71. The molecule has 3 aromatic rings. The van der Waals surface area contributed by atoms with Crippen molar-refractivity contribution in [2.24, 2.45) is 0 Å². The fourth-order valence-electron chi connectivity index (χ4n) is 3.21. The molecular formula is C19H24N6O2S. The molecule has 8 nitrogen and oxygen atoms in total. The van der Waals surface area contributed by atoms with Crippen LogP contribution in [-0.2, 0) is 4.74 Å². The van der Waals surface area contributed by atoms with Gasteiger partial charge in [0.2, 0.25) is 5.95 Å². The van der Waals surface area contributed by atoms with Gasteiger partial charge in [0.05, 0.1) is 23.4 Å². The molecule has 28 heavy (non-hydrogen) atoms. The Morgan fingerprint density at radius 3 is 2.50 bits per heavy atom. The smallest absolute Gasteiger partial charge is 0.264 e. The van der Waals surface area contributed by atoms with E-state index in [4.69, 9.17) is 10.5 Å². The number of aromatic nitrogens is 3. The zero-order valence-corrected chi connectivity index (χ0v) is 16.4. The fraction of sp³-hybridized carbons (Fsp3) is 0.421. The van der Waals surface area contributed by atoms with Gasteiger partial charge < -0.3 is 20.7 Å². The van der Waals surface area contributed by atoms with Crippen LogP contribution in [0.2, 0.25) is 0 Å². The monoisotopic (exact) mass is 400 g/mol. The first-order valence-corrected chi connectivity index (χ1v) is 10.3. The third kappa shape index (κ3) is 4.16. The number of benzene rings is 1. The SMILES string of the molecule is C1CCNC1.Nc1nc(N2CCOCC2)[nH]c(=O)c1-c1nc2ccccc2s1. The number of hydrogen-bond donors (Lipinski definition) is 3. The second-order valence-electron chi connectivity index (χ2n) is 6.69. The quantitative estimate of drug-likeness (QED) is 0.602. The van der Waals surface area contributed by atoms with Crippen LogP contribution in [0.4, 0.5) is 11.8 Å². The Labute approximate surface area is 166 Å². The number of morpholine rings is 1. The highest BCUT2D eigenvalue weighted by Gasteiger charge is 2.19. The number of aromatic amines is 1. The summed E-state index contributed by atoms with van der Waals surface area (Å²) in [6.45, 7) is 5.10. The van der Waals surface area contributed by atoms with Crippen LogP contribution in [0.5, 0.6) is 0 Å². The third-order valence-corrected chi connectivity index (χ3v) is 5.76. The van der Waals surface area contributed by atoms with E-state index < -0.39 is 0 Å². The first-order valence-electron chi connectivity index (χ1n) is 9.51. The van der Waals surface area contributed by atoms with E-state index in [1.807, 2.05) is 29.2 Å². The van der Waals surface area contributed by atoms with Crippen molar-refractivity contribution in [3.05, 3.63) is 34.6 Å². The molecule has 2 aromatic heterocycles. The lowest BCUT2D eigenvalue weighted by Crippen LogP contribution is -2.38. The van der Waals surface area contributed by atoms with E-state index >= 15 is 0 Å². The first kappa shape index (κ1) is 18.9. The maximum atomic E-state index is 12.5. The standard InChI is InChI=1S/C15H15N5O2S.C4H9N/c16-12-11(14-17-9-3-1-2-4-10(9)23-14)13(21)19-15(18-12)20-5-7-22-8-6-20;1-2-4-5-3-1/h1-4H,5-8H2,(H3,16,18,19,21);5H,1-4H2. The summed E-state index contributed by atoms with van der Waals surface area (Å²) in [5, 5.41) is 3.81. The van der Waals surface area contributed by atoms with Gasteiger partial charge in [-0.2, -0.15) is 4.98 Å². The fourth-order valence-corrected chi connectivity index (χ4v) is 4.23. The van der Waals surface area contributed by atoms with Crippen LogP contribution in [0.15, 0.2) is 29.1 Å². The van der Waals surface area contributed by atoms with Crippen LogP contribution < -0.4 is 21.5 Å². The molecule has 2 aliphatic heterocycles. The second-order valence-corrected chi connectivity index (χ2v) is 7.72. The zero-order valence-electron chi connectivity index (χ0n) is 15.6. The van der Waals surface area contributed by atoms with Gasteiger partial charge in [-0.05, 0) is 38.1 Å². The Kier molecular flexibility index (Phi) is 5.84. The molecule has 1 aromatic carbocycles. The van der Waals surface area contributed by atoms with E-state index in [2.05, 4.69) is 20.3 Å². The summed E-state index contributed by atoms with van der Waals surface area (Å²) < 4.78 is 6.32. The number of anilines is 2. The molecule has 2 fully saturated rings. The van der Waals surface area contributed by atoms with E-state index in [9.17, 15) is 4.79 Å². The average Bonchev–Trinajstić information content (AvgIpc) is 3.41. The van der Waals surface area contributed by atoms with Crippen molar-refractivity contribution in [3.63, 3.8) is 0 Å². The predicted octanol–water partition coefficient (Wildman–Crippen LogP) is 1.84. The number of thiazole rings is 1. The van der Waals surface area contributed by atoms with Crippen LogP contribution in [-0.4, -0.2) is 54.3 Å². The van der Waals surface area contributed by atoms with Gasteiger partial charge in [0.15, 0.2) is 0 Å². The number of nitrogens with two attached hydrogens (primary N) is 1. The summed E-state index contributed by atoms with van der Waals surface area (Å²) in [5.41, 5.74) is 6.98. The Morgan fingerprint density at radius 2 is 1.86 bits per heavy atom. The van der Waals surface area contributed by atoms with Crippen molar-refractivity contribution >= 4 is 33.3 Å². The van der Waals surface area contributed by atoms with Gasteiger partial charge in [-0.3, -0.25) is 9.78 Å². The van der Waals surface area contributed by atoms with E-state index in [1.165, 1.54) is 37.3 Å². The molecule has 2 aliphatic rings. The zero-order chi connectivity index (χ0) is 19.3. The van der Waals surface area contributed by atoms with Crippen LogP contribution in [0.1, 0.15) is 12.8 Å². The normalized spacial score (nSPS) is 16.8. The Morgan fingerprint density at radius 1 is 1.11 bits per heavy atom. The van der Waals surface area contributed by atoms with Crippen molar-refractivity contribution < 1.29 is 4.74 Å².